The quantitative estimate of drug-likeness (QED) is 0.651. The van der Waals surface area contributed by atoms with Gasteiger partial charge in [0.05, 0.1) is 0 Å². The minimum atomic E-state index is 0.0179. The van der Waals surface area contributed by atoms with Crippen molar-refractivity contribution in [2.75, 3.05) is 11.1 Å². The molecule has 4 heteroatoms. The average Bonchev–Trinajstić information content (AvgIpc) is 2.10. The Hall–Kier alpha value is -0.230. The van der Waals surface area contributed by atoms with Gasteiger partial charge in [0, 0.05) is 15.7 Å². The number of aryl methyl sites for hydroxylation is 1. The number of rotatable bonds is 3. The third-order valence-electron chi connectivity index (χ3n) is 1.80. The van der Waals surface area contributed by atoms with Crippen LogP contribution in [0.15, 0.2) is 18.2 Å². The Morgan fingerprint density at radius 2 is 2.29 bits per heavy atom. The summed E-state index contributed by atoms with van der Waals surface area (Å²) in [6, 6.07) is 5.94. The van der Waals surface area contributed by atoms with Crippen molar-refractivity contribution >= 4 is 46.8 Å². The molecule has 76 valence electrons. The van der Waals surface area contributed by atoms with Crippen LogP contribution in [-0.2, 0) is 4.79 Å². The molecular formula is C10H12INOS. The molecule has 1 aromatic rings. The number of carbonyl (C=O) groups excluding carboxylic acids is 1. The minimum Gasteiger partial charge on any atom is -0.326 e. The van der Waals surface area contributed by atoms with Crippen LogP contribution in [0, 0.1) is 10.5 Å². The zero-order chi connectivity index (χ0) is 10.6. The molecule has 0 aliphatic heterocycles. The predicted octanol–water partition coefficient (Wildman–Crippen LogP) is 2.86. The van der Waals surface area contributed by atoms with Crippen LogP contribution >= 0.6 is 35.2 Å². The molecule has 1 amide bonds. The summed E-state index contributed by atoms with van der Waals surface area (Å²) >= 11 is 6.25. The van der Waals surface area contributed by atoms with Gasteiger partial charge >= 0.3 is 0 Å². The molecule has 2 nitrogen and oxygen atoms in total. The Morgan fingerprint density at radius 1 is 1.57 bits per heavy atom. The molecule has 0 bridgehead atoms. The van der Waals surface area contributed by atoms with E-state index in [1.54, 1.807) is 0 Å². The van der Waals surface area contributed by atoms with Gasteiger partial charge in [-0.2, -0.15) is 12.6 Å². The van der Waals surface area contributed by atoms with Crippen LogP contribution in [0.5, 0.6) is 0 Å². The number of benzene rings is 1. The van der Waals surface area contributed by atoms with Gasteiger partial charge < -0.3 is 5.32 Å². The number of amides is 1. The van der Waals surface area contributed by atoms with Crippen LogP contribution in [0.3, 0.4) is 0 Å². The Kier molecular flexibility index (Phi) is 4.74. The summed E-state index contributed by atoms with van der Waals surface area (Å²) in [7, 11) is 0. The molecule has 0 radical (unpaired) electrons. The molecule has 14 heavy (non-hydrogen) atoms. The van der Waals surface area contributed by atoms with Crippen LogP contribution in [0.2, 0.25) is 0 Å². The average molecular weight is 321 g/mol. The molecule has 0 aromatic heterocycles. The van der Waals surface area contributed by atoms with E-state index in [4.69, 9.17) is 0 Å². The second-order valence-electron chi connectivity index (χ2n) is 2.98. The molecule has 0 saturated heterocycles. The molecule has 1 N–H and O–H groups in total. The largest absolute Gasteiger partial charge is 0.326 e. The maximum absolute atomic E-state index is 11.3. The van der Waals surface area contributed by atoms with Crippen LogP contribution in [0.25, 0.3) is 0 Å². The summed E-state index contributed by atoms with van der Waals surface area (Å²) in [6.07, 6.45) is 0.453. The third-order valence-corrected chi connectivity index (χ3v) is 2.70. The minimum absolute atomic E-state index is 0.0179. The summed E-state index contributed by atoms with van der Waals surface area (Å²) in [5.74, 6) is 0.596. The number of nitrogens with one attached hydrogen (secondary N) is 1. The highest BCUT2D eigenvalue weighted by molar-refractivity contribution is 14.1. The van der Waals surface area contributed by atoms with Crippen LogP contribution in [-0.4, -0.2) is 11.7 Å². The van der Waals surface area contributed by atoms with Crippen molar-refractivity contribution in [3.8, 4) is 0 Å². The van der Waals surface area contributed by atoms with Gasteiger partial charge in [0.1, 0.15) is 0 Å². The van der Waals surface area contributed by atoms with Crippen LogP contribution in [0.4, 0.5) is 5.69 Å². The maximum atomic E-state index is 11.3. The van der Waals surface area contributed by atoms with Crippen molar-refractivity contribution in [2.24, 2.45) is 0 Å². The molecule has 0 aliphatic rings. The third kappa shape index (κ3) is 3.49. The zero-order valence-electron chi connectivity index (χ0n) is 7.88. The van der Waals surface area contributed by atoms with Gasteiger partial charge in [-0.05, 0) is 59.0 Å². The Balaban J connectivity index is 2.72. The Morgan fingerprint density at radius 3 is 2.86 bits per heavy atom. The monoisotopic (exact) mass is 321 g/mol. The van der Waals surface area contributed by atoms with Crippen molar-refractivity contribution < 1.29 is 4.79 Å². The standard InChI is InChI=1S/C10H12INOS/c1-7-6-8(11)2-3-9(7)12-10(13)4-5-14/h2-3,6,14H,4-5H2,1H3,(H,12,13). The summed E-state index contributed by atoms with van der Waals surface area (Å²) in [5, 5.41) is 2.85. The van der Waals surface area contributed by atoms with E-state index in [1.165, 1.54) is 3.57 Å². The smallest absolute Gasteiger partial charge is 0.225 e. The number of anilines is 1. The Labute approximate surface area is 103 Å². The van der Waals surface area contributed by atoms with E-state index in [0.717, 1.165) is 11.3 Å². The highest BCUT2D eigenvalue weighted by atomic mass is 127. The lowest BCUT2D eigenvalue weighted by Crippen LogP contribution is -2.12. The SMILES string of the molecule is Cc1cc(I)ccc1NC(=O)CCS. The fraction of sp³-hybridized carbons (Fsp3) is 0.300. The highest BCUT2D eigenvalue weighted by Gasteiger charge is 2.03. The molecule has 0 aliphatic carbocycles. The van der Waals surface area contributed by atoms with E-state index in [-0.39, 0.29) is 5.91 Å². The van der Waals surface area contributed by atoms with Gasteiger partial charge in [-0.1, -0.05) is 0 Å². The second kappa shape index (κ2) is 5.60. The molecule has 1 rings (SSSR count). The summed E-state index contributed by atoms with van der Waals surface area (Å²) in [5.41, 5.74) is 1.97. The maximum Gasteiger partial charge on any atom is 0.225 e. The van der Waals surface area contributed by atoms with Gasteiger partial charge in [0.15, 0.2) is 0 Å². The lowest BCUT2D eigenvalue weighted by Gasteiger charge is -2.07. The molecule has 0 heterocycles. The second-order valence-corrected chi connectivity index (χ2v) is 4.67. The van der Waals surface area contributed by atoms with Crippen molar-refractivity contribution in [2.45, 2.75) is 13.3 Å². The lowest BCUT2D eigenvalue weighted by atomic mass is 10.2. The number of hydrogen-bond acceptors (Lipinski definition) is 2. The predicted molar refractivity (Wildman–Crippen MR) is 71.0 cm³/mol. The molecule has 0 unspecified atom stereocenters. The van der Waals surface area contributed by atoms with E-state index >= 15 is 0 Å². The van der Waals surface area contributed by atoms with Crippen molar-refractivity contribution in [3.05, 3.63) is 27.3 Å². The first-order chi connectivity index (χ1) is 6.63. The molecule has 1 aromatic carbocycles. The van der Waals surface area contributed by atoms with Crippen molar-refractivity contribution in [1.82, 2.24) is 0 Å². The molecule has 0 saturated carbocycles. The summed E-state index contributed by atoms with van der Waals surface area (Å²) < 4.78 is 1.17. The topological polar surface area (TPSA) is 29.1 Å². The zero-order valence-corrected chi connectivity index (χ0v) is 10.9. The summed E-state index contributed by atoms with van der Waals surface area (Å²) in [6.45, 7) is 1.98. The molecule has 0 fully saturated rings. The lowest BCUT2D eigenvalue weighted by molar-refractivity contribution is -0.115. The van der Waals surface area contributed by atoms with Crippen LogP contribution < -0.4 is 5.32 Å². The van der Waals surface area contributed by atoms with Gasteiger partial charge in [-0.3, -0.25) is 4.79 Å². The van der Waals surface area contributed by atoms with Crippen molar-refractivity contribution in [3.63, 3.8) is 0 Å². The van der Waals surface area contributed by atoms with Gasteiger partial charge in [0.25, 0.3) is 0 Å². The fourth-order valence-electron chi connectivity index (χ4n) is 1.08. The number of halogens is 1. The van der Waals surface area contributed by atoms with E-state index in [1.807, 2.05) is 25.1 Å². The van der Waals surface area contributed by atoms with Gasteiger partial charge in [-0.25, -0.2) is 0 Å². The molecular weight excluding hydrogens is 309 g/mol. The fourth-order valence-corrected chi connectivity index (χ4v) is 1.93. The van der Waals surface area contributed by atoms with Crippen LogP contribution in [0.1, 0.15) is 12.0 Å². The van der Waals surface area contributed by atoms with E-state index in [9.17, 15) is 4.79 Å². The number of thiol groups is 1. The van der Waals surface area contributed by atoms with E-state index in [0.29, 0.717) is 12.2 Å². The van der Waals surface area contributed by atoms with Gasteiger partial charge in [0.2, 0.25) is 5.91 Å². The highest BCUT2D eigenvalue weighted by Crippen LogP contribution is 2.17. The van der Waals surface area contributed by atoms with E-state index in [2.05, 4.69) is 40.5 Å². The first-order valence-electron chi connectivity index (χ1n) is 4.30. The summed E-state index contributed by atoms with van der Waals surface area (Å²) in [4.78, 5) is 11.3. The normalized spacial score (nSPS) is 9.93. The number of hydrogen-bond donors (Lipinski definition) is 2. The first kappa shape index (κ1) is 11.8. The molecule has 0 spiro atoms. The Bertz CT molecular complexity index is 341. The molecule has 0 atom stereocenters. The van der Waals surface area contributed by atoms with Crippen molar-refractivity contribution in [1.29, 1.82) is 0 Å². The van der Waals surface area contributed by atoms with Gasteiger partial charge in [-0.15, -0.1) is 0 Å². The number of carbonyl (C=O) groups is 1. The van der Waals surface area contributed by atoms with E-state index < -0.39 is 0 Å². The first-order valence-corrected chi connectivity index (χ1v) is 6.01.